The minimum Gasteiger partial charge on any atom is -0.486 e. The summed E-state index contributed by atoms with van der Waals surface area (Å²) in [4.78, 5) is 4.00. The Labute approximate surface area is 123 Å². The van der Waals surface area contributed by atoms with E-state index >= 15 is 0 Å². The molecule has 0 aliphatic heterocycles. The summed E-state index contributed by atoms with van der Waals surface area (Å²) in [6.07, 6.45) is 1.51. The van der Waals surface area contributed by atoms with Crippen LogP contribution in [0, 0.1) is 5.82 Å². The summed E-state index contributed by atoms with van der Waals surface area (Å²) < 4.78 is 19.6. The van der Waals surface area contributed by atoms with E-state index in [0.717, 1.165) is 0 Å². The maximum absolute atomic E-state index is 13.6. The van der Waals surface area contributed by atoms with Gasteiger partial charge in [-0.2, -0.15) is 0 Å². The second-order valence-corrected chi connectivity index (χ2v) is 4.78. The summed E-state index contributed by atoms with van der Waals surface area (Å²) in [7, 11) is 0. The van der Waals surface area contributed by atoms with Gasteiger partial charge in [0.15, 0.2) is 17.4 Å². The number of halogens is 2. The predicted molar refractivity (Wildman–Crippen MR) is 75.2 cm³/mol. The molecule has 2 aromatic rings. The van der Waals surface area contributed by atoms with Crippen LogP contribution < -0.4 is 10.5 Å². The molecular formula is C13H11BrFN3O2. The van der Waals surface area contributed by atoms with Gasteiger partial charge in [-0.1, -0.05) is 27.2 Å². The van der Waals surface area contributed by atoms with Crippen LogP contribution in [0.1, 0.15) is 11.3 Å². The van der Waals surface area contributed by atoms with Crippen molar-refractivity contribution in [3.8, 4) is 5.75 Å². The quantitative estimate of drug-likeness (QED) is 0.388. The fourth-order valence-corrected chi connectivity index (χ4v) is 1.91. The van der Waals surface area contributed by atoms with E-state index in [0.29, 0.717) is 15.7 Å². The molecule has 0 radical (unpaired) electrons. The summed E-state index contributed by atoms with van der Waals surface area (Å²) in [5.41, 5.74) is 6.40. The summed E-state index contributed by atoms with van der Waals surface area (Å²) in [5.74, 6) is -0.489. The molecule has 0 unspecified atom stereocenters. The van der Waals surface area contributed by atoms with Crippen molar-refractivity contribution >= 4 is 21.8 Å². The highest BCUT2D eigenvalue weighted by Gasteiger charge is 2.10. The number of nitrogens with two attached hydrogens (primary N) is 1. The molecule has 20 heavy (non-hydrogen) atoms. The Morgan fingerprint density at radius 1 is 1.45 bits per heavy atom. The van der Waals surface area contributed by atoms with Crippen LogP contribution in [-0.4, -0.2) is 16.0 Å². The average Bonchev–Trinajstić information content (AvgIpc) is 2.46. The molecule has 0 bridgehead atoms. The Kier molecular flexibility index (Phi) is 4.52. The van der Waals surface area contributed by atoms with Gasteiger partial charge in [0.1, 0.15) is 12.3 Å². The van der Waals surface area contributed by atoms with Gasteiger partial charge in [-0.3, -0.25) is 4.98 Å². The van der Waals surface area contributed by atoms with Crippen molar-refractivity contribution in [3.05, 3.63) is 58.1 Å². The van der Waals surface area contributed by atoms with Crippen molar-refractivity contribution in [2.24, 2.45) is 10.9 Å². The van der Waals surface area contributed by atoms with E-state index in [1.165, 1.54) is 18.3 Å². The zero-order valence-electron chi connectivity index (χ0n) is 10.3. The lowest BCUT2D eigenvalue weighted by Crippen LogP contribution is -2.18. The first-order valence-corrected chi connectivity index (χ1v) is 6.40. The van der Waals surface area contributed by atoms with Crippen LogP contribution in [0.4, 0.5) is 4.39 Å². The number of amidine groups is 1. The Bertz CT molecular complexity index is 649. The Morgan fingerprint density at radius 2 is 2.25 bits per heavy atom. The zero-order chi connectivity index (χ0) is 14.5. The Morgan fingerprint density at radius 3 is 2.95 bits per heavy atom. The first-order chi connectivity index (χ1) is 9.61. The maximum atomic E-state index is 13.6. The van der Waals surface area contributed by atoms with Gasteiger partial charge in [0.25, 0.3) is 0 Å². The molecule has 5 nitrogen and oxygen atoms in total. The van der Waals surface area contributed by atoms with Gasteiger partial charge >= 0.3 is 0 Å². The molecule has 0 aliphatic rings. The molecule has 0 atom stereocenters. The van der Waals surface area contributed by atoms with E-state index in [2.05, 4.69) is 26.1 Å². The molecule has 7 heteroatoms. The lowest BCUT2D eigenvalue weighted by Gasteiger charge is -2.10. The normalized spacial score (nSPS) is 11.4. The van der Waals surface area contributed by atoms with Gasteiger partial charge in [0, 0.05) is 16.2 Å². The minimum atomic E-state index is -0.478. The van der Waals surface area contributed by atoms with Crippen LogP contribution in [0.25, 0.3) is 0 Å². The molecule has 1 aromatic heterocycles. The Hall–Kier alpha value is -2.15. The largest absolute Gasteiger partial charge is 0.486 e. The van der Waals surface area contributed by atoms with Gasteiger partial charge < -0.3 is 15.7 Å². The van der Waals surface area contributed by atoms with E-state index < -0.39 is 5.82 Å². The van der Waals surface area contributed by atoms with Crippen molar-refractivity contribution in [2.75, 3.05) is 0 Å². The third-order valence-corrected chi connectivity index (χ3v) is 3.01. The first-order valence-electron chi connectivity index (χ1n) is 5.61. The molecule has 0 saturated heterocycles. The highest BCUT2D eigenvalue weighted by Crippen LogP contribution is 2.22. The third kappa shape index (κ3) is 3.24. The number of aromatic nitrogens is 1. The molecule has 1 heterocycles. The molecule has 1 aromatic carbocycles. The van der Waals surface area contributed by atoms with Gasteiger partial charge in [-0.25, -0.2) is 4.39 Å². The highest BCUT2D eigenvalue weighted by molar-refractivity contribution is 9.10. The third-order valence-electron chi connectivity index (χ3n) is 2.52. The van der Waals surface area contributed by atoms with Crippen molar-refractivity contribution in [2.45, 2.75) is 6.61 Å². The van der Waals surface area contributed by atoms with Crippen LogP contribution in [0.3, 0.4) is 0 Å². The molecule has 0 spiro atoms. The molecule has 0 fully saturated rings. The molecule has 3 N–H and O–H groups in total. The van der Waals surface area contributed by atoms with E-state index in [4.69, 9.17) is 15.7 Å². The molecule has 0 saturated carbocycles. The summed E-state index contributed by atoms with van der Waals surface area (Å²) in [5, 5.41) is 11.6. The van der Waals surface area contributed by atoms with Crippen LogP contribution in [0.2, 0.25) is 0 Å². The standard InChI is InChI=1S/C13H11BrFN3O2/c14-9-3-4-11(10(15)6-9)20-7-8-2-1-5-17-12(8)13(16)18-19/h1-6,19H,7H2,(H2,16,18). The van der Waals surface area contributed by atoms with Gasteiger partial charge in [0.2, 0.25) is 0 Å². The number of benzene rings is 1. The van der Waals surface area contributed by atoms with Crippen LogP contribution in [0.15, 0.2) is 46.2 Å². The minimum absolute atomic E-state index is 0.0535. The smallest absolute Gasteiger partial charge is 0.189 e. The van der Waals surface area contributed by atoms with Crippen LogP contribution >= 0.6 is 15.9 Å². The number of hydrogen-bond donors (Lipinski definition) is 2. The number of pyridine rings is 1. The number of ether oxygens (including phenoxy) is 1. The lowest BCUT2D eigenvalue weighted by molar-refractivity contribution is 0.289. The fraction of sp³-hybridized carbons (Fsp3) is 0.0769. The van der Waals surface area contributed by atoms with Gasteiger partial charge in [-0.05, 0) is 24.3 Å². The SMILES string of the molecule is NC(=NO)c1ncccc1COc1ccc(Br)cc1F. The number of oxime groups is 1. The second-order valence-electron chi connectivity index (χ2n) is 3.86. The van der Waals surface area contributed by atoms with Gasteiger partial charge in [0.05, 0.1) is 0 Å². The summed E-state index contributed by atoms with van der Waals surface area (Å²) >= 11 is 3.17. The lowest BCUT2D eigenvalue weighted by atomic mass is 10.2. The van der Waals surface area contributed by atoms with E-state index in [9.17, 15) is 4.39 Å². The average molecular weight is 340 g/mol. The highest BCUT2D eigenvalue weighted by atomic mass is 79.9. The molecular weight excluding hydrogens is 329 g/mol. The van der Waals surface area contributed by atoms with Crippen LogP contribution in [0.5, 0.6) is 5.75 Å². The van der Waals surface area contributed by atoms with Crippen LogP contribution in [-0.2, 0) is 6.61 Å². The number of hydrogen-bond acceptors (Lipinski definition) is 4. The second kappa shape index (κ2) is 6.33. The topological polar surface area (TPSA) is 80.7 Å². The van der Waals surface area contributed by atoms with Crippen molar-refractivity contribution in [1.29, 1.82) is 0 Å². The van der Waals surface area contributed by atoms with E-state index in [1.807, 2.05) is 0 Å². The monoisotopic (exact) mass is 339 g/mol. The van der Waals surface area contributed by atoms with Crippen molar-refractivity contribution in [1.82, 2.24) is 4.98 Å². The van der Waals surface area contributed by atoms with E-state index in [-0.39, 0.29) is 18.2 Å². The number of rotatable bonds is 4. The number of nitrogens with zero attached hydrogens (tertiary/aromatic N) is 2. The van der Waals surface area contributed by atoms with Gasteiger partial charge in [-0.15, -0.1) is 0 Å². The predicted octanol–water partition coefficient (Wildman–Crippen LogP) is 2.66. The fourth-order valence-electron chi connectivity index (χ4n) is 1.58. The van der Waals surface area contributed by atoms with E-state index in [1.54, 1.807) is 18.2 Å². The molecule has 0 amide bonds. The Balaban J connectivity index is 2.19. The maximum Gasteiger partial charge on any atom is 0.189 e. The summed E-state index contributed by atoms with van der Waals surface area (Å²) in [6, 6.07) is 7.88. The molecule has 104 valence electrons. The van der Waals surface area contributed by atoms with Crippen molar-refractivity contribution < 1.29 is 14.3 Å². The first kappa shape index (κ1) is 14.3. The molecule has 0 aliphatic carbocycles. The van der Waals surface area contributed by atoms with Crippen molar-refractivity contribution in [3.63, 3.8) is 0 Å². The zero-order valence-corrected chi connectivity index (χ0v) is 11.8. The molecule has 2 rings (SSSR count). The summed E-state index contributed by atoms with van der Waals surface area (Å²) in [6.45, 7) is 0.0535.